The first kappa shape index (κ1) is 10.1. The van der Waals surface area contributed by atoms with Crippen LogP contribution in [0.15, 0.2) is 0 Å². The maximum Gasteiger partial charge on any atom is 0.327 e. The van der Waals surface area contributed by atoms with E-state index in [9.17, 15) is 4.57 Å². The molecule has 0 bridgehead atoms. The highest BCUT2D eigenvalue weighted by Gasteiger charge is 2.28. The Balaban J connectivity index is 2.38. The van der Waals surface area contributed by atoms with Crippen molar-refractivity contribution in [2.24, 2.45) is 11.7 Å². The van der Waals surface area contributed by atoms with Crippen molar-refractivity contribution in [2.45, 2.75) is 44.8 Å². The lowest BCUT2D eigenvalue weighted by atomic mass is 9.99. The molecule has 0 spiro atoms. The highest BCUT2D eigenvalue weighted by Crippen LogP contribution is 2.31. The van der Waals surface area contributed by atoms with E-state index in [1.54, 1.807) is 0 Å². The van der Waals surface area contributed by atoms with E-state index in [1.807, 2.05) is 0 Å². The van der Waals surface area contributed by atoms with E-state index >= 15 is 0 Å². The third kappa shape index (κ3) is 2.51. The number of hydrogen-bond acceptors (Lipinski definition) is 3. The van der Waals surface area contributed by atoms with Crippen LogP contribution in [0.25, 0.3) is 0 Å². The Labute approximate surface area is 74.9 Å². The van der Waals surface area contributed by atoms with Crippen molar-refractivity contribution >= 4 is 8.69 Å². The maximum atomic E-state index is 10.3. The molecule has 1 aliphatic carbocycles. The molecule has 0 aromatic rings. The lowest BCUT2D eigenvalue weighted by molar-refractivity contribution is 0.147. The monoisotopic (exact) mass is 189 g/mol. The first-order valence-corrected chi connectivity index (χ1v) is 5.25. The van der Waals surface area contributed by atoms with Crippen LogP contribution in [0.1, 0.15) is 32.6 Å². The molecule has 0 amide bonds. The van der Waals surface area contributed by atoms with E-state index in [2.05, 4.69) is 6.92 Å². The van der Waals surface area contributed by atoms with Crippen LogP contribution in [0.4, 0.5) is 0 Å². The van der Waals surface area contributed by atoms with Crippen LogP contribution in [0.2, 0.25) is 0 Å². The lowest BCUT2D eigenvalue weighted by Gasteiger charge is -2.18. The van der Waals surface area contributed by atoms with Crippen molar-refractivity contribution in [1.82, 2.24) is 0 Å². The molecule has 0 aromatic carbocycles. The second-order valence-corrected chi connectivity index (χ2v) is 3.82. The summed E-state index contributed by atoms with van der Waals surface area (Å²) in [5.41, 5.74) is 5.78. The zero-order chi connectivity index (χ0) is 8.97. The summed E-state index contributed by atoms with van der Waals surface area (Å²) in [6.45, 7) is 2.06. The van der Waals surface area contributed by atoms with E-state index in [4.69, 9.17) is 10.3 Å². The van der Waals surface area contributed by atoms with Gasteiger partial charge in [0.05, 0.1) is 6.10 Å². The van der Waals surface area contributed by atoms with E-state index in [1.165, 1.54) is 0 Å². The minimum atomic E-state index is -0.198. The fourth-order valence-corrected chi connectivity index (χ4v) is 2.37. The first-order chi connectivity index (χ1) is 5.77. The van der Waals surface area contributed by atoms with Gasteiger partial charge in [0.1, 0.15) is 0 Å². The summed E-state index contributed by atoms with van der Waals surface area (Å²) in [5.74, 6) is 0.520. The summed E-state index contributed by atoms with van der Waals surface area (Å²) in [6, 6.07) is 0.330. The molecule has 70 valence electrons. The molecule has 4 heteroatoms. The molecule has 1 saturated carbocycles. The minimum absolute atomic E-state index is 0.137. The molecule has 0 saturated heterocycles. The van der Waals surface area contributed by atoms with Gasteiger partial charge in [0, 0.05) is 6.04 Å². The summed E-state index contributed by atoms with van der Waals surface area (Å²) in [7, 11) is -0.198. The Morgan fingerprint density at radius 2 is 2.42 bits per heavy atom. The van der Waals surface area contributed by atoms with Gasteiger partial charge in [0.25, 0.3) is 0 Å². The fourth-order valence-electron chi connectivity index (χ4n) is 1.94. The molecule has 1 rings (SSSR count). The first-order valence-electron chi connectivity index (χ1n) is 4.52. The molecule has 0 heterocycles. The molecular formula is C8H16NO2P. The van der Waals surface area contributed by atoms with Gasteiger partial charge < -0.3 is 5.73 Å². The third-order valence-corrected chi connectivity index (χ3v) is 2.98. The Kier molecular flexibility index (Phi) is 4.13. The van der Waals surface area contributed by atoms with Crippen molar-refractivity contribution in [2.75, 3.05) is 0 Å². The van der Waals surface area contributed by atoms with Crippen molar-refractivity contribution in [1.29, 1.82) is 0 Å². The fraction of sp³-hybridized carbons (Fsp3) is 1.00. The van der Waals surface area contributed by atoms with Gasteiger partial charge in [-0.3, -0.25) is 4.52 Å². The third-order valence-electron chi connectivity index (χ3n) is 2.62. The van der Waals surface area contributed by atoms with Crippen molar-refractivity contribution in [3.63, 3.8) is 0 Å². The van der Waals surface area contributed by atoms with E-state index < -0.39 is 0 Å². The average molecular weight is 189 g/mol. The highest BCUT2D eigenvalue weighted by molar-refractivity contribution is 7.17. The summed E-state index contributed by atoms with van der Waals surface area (Å²) < 4.78 is 15.3. The summed E-state index contributed by atoms with van der Waals surface area (Å²) in [5, 5.41) is 0. The van der Waals surface area contributed by atoms with E-state index in [0.29, 0.717) is 12.0 Å². The van der Waals surface area contributed by atoms with Gasteiger partial charge >= 0.3 is 8.69 Å². The van der Waals surface area contributed by atoms with Crippen LogP contribution in [-0.4, -0.2) is 12.1 Å². The molecule has 0 aromatic heterocycles. The standard InChI is InChI=1S/C8H16NO2P/c1-2-8(11-12-10)6-3-4-7(9)5-6/h6-8H,2-5,9H2,1H3. The molecular weight excluding hydrogens is 173 g/mol. The summed E-state index contributed by atoms with van der Waals surface area (Å²) >= 11 is 0. The minimum Gasteiger partial charge on any atom is -0.328 e. The van der Waals surface area contributed by atoms with Gasteiger partial charge in [0.15, 0.2) is 0 Å². The van der Waals surface area contributed by atoms with E-state index in [-0.39, 0.29) is 14.8 Å². The molecule has 3 atom stereocenters. The van der Waals surface area contributed by atoms with Crippen molar-refractivity contribution in [3.05, 3.63) is 0 Å². The second-order valence-electron chi connectivity index (χ2n) is 3.46. The average Bonchev–Trinajstić information content (AvgIpc) is 2.47. The molecule has 0 aliphatic heterocycles. The lowest BCUT2D eigenvalue weighted by Crippen LogP contribution is -2.21. The largest absolute Gasteiger partial charge is 0.328 e. The molecule has 1 fully saturated rings. The predicted octanol–water partition coefficient (Wildman–Crippen LogP) is 2.12. The van der Waals surface area contributed by atoms with Gasteiger partial charge in [-0.25, -0.2) is 4.57 Å². The van der Waals surface area contributed by atoms with Gasteiger partial charge in [-0.15, -0.1) is 0 Å². The Hall–Kier alpha value is 0.0200. The Morgan fingerprint density at radius 3 is 2.83 bits per heavy atom. The van der Waals surface area contributed by atoms with E-state index in [0.717, 1.165) is 25.7 Å². The molecule has 3 unspecified atom stereocenters. The SMILES string of the molecule is CCC(OP=O)C1CCC(N)C1. The quantitative estimate of drug-likeness (QED) is 0.689. The van der Waals surface area contributed by atoms with Crippen LogP contribution in [0, 0.1) is 5.92 Å². The van der Waals surface area contributed by atoms with Gasteiger partial charge in [0.2, 0.25) is 0 Å². The number of rotatable bonds is 4. The highest BCUT2D eigenvalue weighted by atomic mass is 31.1. The van der Waals surface area contributed by atoms with Gasteiger partial charge in [-0.2, -0.15) is 0 Å². The summed E-state index contributed by atoms with van der Waals surface area (Å²) in [4.78, 5) is 0. The molecule has 1 aliphatic rings. The predicted molar refractivity (Wildman–Crippen MR) is 48.1 cm³/mol. The molecule has 0 radical (unpaired) electrons. The normalized spacial score (nSPS) is 32.5. The zero-order valence-electron chi connectivity index (χ0n) is 7.40. The number of hydrogen-bond donors (Lipinski definition) is 1. The Bertz CT molecular complexity index is 154. The Morgan fingerprint density at radius 1 is 1.67 bits per heavy atom. The number of nitrogens with two attached hydrogens (primary N) is 1. The van der Waals surface area contributed by atoms with Crippen molar-refractivity contribution < 1.29 is 9.09 Å². The topological polar surface area (TPSA) is 52.3 Å². The molecule has 3 nitrogen and oxygen atoms in total. The van der Waals surface area contributed by atoms with Crippen molar-refractivity contribution in [3.8, 4) is 0 Å². The van der Waals surface area contributed by atoms with Crippen LogP contribution in [0.3, 0.4) is 0 Å². The van der Waals surface area contributed by atoms with Gasteiger partial charge in [-0.05, 0) is 31.6 Å². The van der Waals surface area contributed by atoms with Crippen LogP contribution < -0.4 is 5.73 Å². The molecule has 2 N–H and O–H groups in total. The molecule has 12 heavy (non-hydrogen) atoms. The van der Waals surface area contributed by atoms with Crippen LogP contribution in [-0.2, 0) is 9.09 Å². The maximum absolute atomic E-state index is 10.3. The zero-order valence-corrected chi connectivity index (χ0v) is 8.30. The summed E-state index contributed by atoms with van der Waals surface area (Å²) in [6.07, 6.45) is 4.29. The van der Waals surface area contributed by atoms with Crippen LogP contribution in [0.5, 0.6) is 0 Å². The van der Waals surface area contributed by atoms with Crippen LogP contribution >= 0.6 is 8.69 Å². The van der Waals surface area contributed by atoms with Gasteiger partial charge in [-0.1, -0.05) is 6.92 Å². The second kappa shape index (κ2) is 4.90. The smallest absolute Gasteiger partial charge is 0.327 e.